The molecule has 0 spiro atoms. The Kier molecular flexibility index (Phi) is 4.20. The number of carbonyl (C=O) groups excluding carboxylic acids is 1. The third-order valence-corrected chi connectivity index (χ3v) is 5.02. The summed E-state index contributed by atoms with van der Waals surface area (Å²) in [5.74, 6) is 0.370. The van der Waals surface area contributed by atoms with Crippen LogP contribution in [0.15, 0.2) is 36.5 Å². The van der Waals surface area contributed by atoms with Crippen molar-refractivity contribution >= 4 is 56.2 Å². The number of methoxy groups -OCH3 is 1. The number of hydrogen-bond donors (Lipinski definition) is 1. The molecular formula is C15H10Cl2N2O2S. The zero-order valence-corrected chi connectivity index (χ0v) is 13.7. The van der Waals surface area contributed by atoms with Gasteiger partial charge >= 0.3 is 0 Å². The minimum Gasteiger partial charge on any atom is -0.497 e. The second-order valence-electron chi connectivity index (χ2n) is 4.40. The molecule has 0 aliphatic carbocycles. The van der Waals surface area contributed by atoms with E-state index in [1.165, 1.54) is 11.3 Å². The number of pyridine rings is 1. The number of nitrogens with zero attached hydrogens (tertiary/aromatic N) is 1. The number of benzene rings is 1. The summed E-state index contributed by atoms with van der Waals surface area (Å²) in [4.78, 5) is 16.7. The first-order valence-electron chi connectivity index (χ1n) is 6.28. The molecule has 0 unspecified atom stereocenters. The highest BCUT2D eigenvalue weighted by Crippen LogP contribution is 2.37. The Morgan fingerprint density at radius 3 is 2.86 bits per heavy atom. The summed E-state index contributed by atoms with van der Waals surface area (Å²) in [5, 5.41) is 4.13. The Labute approximate surface area is 140 Å². The van der Waals surface area contributed by atoms with Gasteiger partial charge in [-0.25, -0.2) is 4.98 Å². The third-order valence-electron chi connectivity index (χ3n) is 3.05. The van der Waals surface area contributed by atoms with Crippen molar-refractivity contribution in [3.8, 4) is 5.75 Å². The van der Waals surface area contributed by atoms with Crippen molar-refractivity contribution in [1.82, 2.24) is 4.98 Å². The Balaban J connectivity index is 1.97. The molecule has 1 N–H and O–H groups in total. The van der Waals surface area contributed by atoms with Crippen LogP contribution in [0.4, 0.5) is 5.69 Å². The highest BCUT2D eigenvalue weighted by Gasteiger charge is 2.18. The molecule has 22 heavy (non-hydrogen) atoms. The normalized spacial score (nSPS) is 10.7. The molecule has 0 saturated carbocycles. The number of halogens is 2. The van der Waals surface area contributed by atoms with Crippen LogP contribution in [0.3, 0.4) is 0 Å². The number of fused-ring (bicyclic) bond motifs is 1. The zero-order chi connectivity index (χ0) is 15.7. The van der Waals surface area contributed by atoms with Crippen molar-refractivity contribution in [3.05, 3.63) is 51.6 Å². The molecule has 4 nitrogen and oxygen atoms in total. The Morgan fingerprint density at radius 2 is 2.14 bits per heavy atom. The first kappa shape index (κ1) is 15.1. The van der Waals surface area contributed by atoms with Gasteiger partial charge in [0.15, 0.2) is 5.15 Å². The molecule has 0 bridgehead atoms. The highest BCUT2D eigenvalue weighted by molar-refractivity contribution is 7.21. The Hall–Kier alpha value is -1.82. The number of aromatic nitrogens is 1. The molecule has 3 aromatic rings. The van der Waals surface area contributed by atoms with Gasteiger partial charge in [-0.2, -0.15) is 0 Å². The third kappa shape index (κ3) is 2.75. The van der Waals surface area contributed by atoms with Gasteiger partial charge in [0.1, 0.15) is 10.6 Å². The Bertz CT molecular complexity index is 864. The van der Waals surface area contributed by atoms with Gasteiger partial charge in [-0.3, -0.25) is 4.79 Å². The number of carbonyl (C=O) groups is 1. The number of ether oxygens (including phenoxy) is 1. The van der Waals surface area contributed by atoms with Crippen molar-refractivity contribution in [3.63, 3.8) is 0 Å². The van der Waals surface area contributed by atoms with Gasteiger partial charge in [-0.1, -0.05) is 23.2 Å². The maximum atomic E-state index is 12.4. The van der Waals surface area contributed by atoms with E-state index in [9.17, 15) is 4.79 Å². The average Bonchev–Trinajstić information content (AvgIpc) is 2.86. The molecule has 0 radical (unpaired) electrons. The van der Waals surface area contributed by atoms with Crippen LogP contribution in [0.25, 0.3) is 10.1 Å². The molecule has 7 heteroatoms. The van der Waals surface area contributed by atoms with Crippen LogP contribution >= 0.6 is 34.5 Å². The van der Waals surface area contributed by atoms with Gasteiger partial charge < -0.3 is 10.1 Å². The second kappa shape index (κ2) is 6.12. The lowest BCUT2D eigenvalue weighted by Crippen LogP contribution is -2.11. The molecule has 0 atom stereocenters. The summed E-state index contributed by atoms with van der Waals surface area (Å²) >= 11 is 13.6. The van der Waals surface area contributed by atoms with E-state index in [2.05, 4.69) is 10.3 Å². The average molecular weight is 353 g/mol. The van der Waals surface area contributed by atoms with Crippen LogP contribution in [0.1, 0.15) is 9.67 Å². The van der Waals surface area contributed by atoms with E-state index in [4.69, 9.17) is 27.9 Å². The minimum atomic E-state index is -0.319. The van der Waals surface area contributed by atoms with Gasteiger partial charge in [0.05, 0.1) is 17.8 Å². The summed E-state index contributed by atoms with van der Waals surface area (Å²) in [6.45, 7) is 0. The minimum absolute atomic E-state index is 0.231. The quantitative estimate of drug-likeness (QED) is 0.684. The van der Waals surface area contributed by atoms with Gasteiger partial charge in [0, 0.05) is 16.3 Å². The smallest absolute Gasteiger partial charge is 0.267 e. The highest BCUT2D eigenvalue weighted by atomic mass is 35.5. The molecule has 2 heterocycles. The number of rotatable bonds is 3. The lowest BCUT2D eigenvalue weighted by atomic mass is 10.2. The van der Waals surface area contributed by atoms with E-state index in [0.717, 1.165) is 10.1 Å². The first-order valence-corrected chi connectivity index (χ1v) is 7.85. The van der Waals surface area contributed by atoms with E-state index in [-0.39, 0.29) is 11.1 Å². The van der Waals surface area contributed by atoms with Crippen LogP contribution in [0.5, 0.6) is 5.75 Å². The first-order chi connectivity index (χ1) is 10.6. The van der Waals surface area contributed by atoms with E-state index in [0.29, 0.717) is 21.3 Å². The topological polar surface area (TPSA) is 51.2 Å². The fourth-order valence-corrected chi connectivity index (χ4v) is 3.53. The molecule has 0 saturated heterocycles. The lowest BCUT2D eigenvalue weighted by Gasteiger charge is -2.04. The Morgan fingerprint density at radius 1 is 1.32 bits per heavy atom. The van der Waals surface area contributed by atoms with Crippen LogP contribution in [0, 0.1) is 0 Å². The van der Waals surface area contributed by atoms with Crippen LogP contribution in [-0.2, 0) is 0 Å². The monoisotopic (exact) mass is 352 g/mol. The summed E-state index contributed by atoms with van der Waals surface area (Å²) < 4.78 is 6.09. The maximum Gasteiger partial charge on any atom is 0.267 e. The molecule has 0 aliphatic rings. The predicted octanol–water partition coefficient (Wildman–Crippen LogP) is 4.86. The van der Waals surface area contributed by atoms with Crippen molar-refractivity contribution in [2.45, 2.75) is 0 Å². The van der Waals surface area contributed by atoms with Gasteiger partial charge in [-0.05, 0) is 30.3 Å². The lowest BCUT2D eigenvalue weighted by molar-refractivity contribution is 0.103. The van der Waals surface area contributed by atoms with Crippen molar-refractivity contribution < 1.29 is 9.53 Å². The molecule has 2 aromatic heterocycles. The molecular weight excluding hydrogens is 343 g/mol. The summed E-state index contributed by atoms with van der Waals surface area (Å²) in [5.41, 5.74) is 0.445. The van der Waals surface area contributed by atoms with E-state index in [1.807, 2.05) is 18.2 Å². The van der Waals surface area contributed by atoms with E-state index < -0.39 is 0 Å². The molecule has 0 fully saturated rings. The van der Waals surface area contributed by atoms with Crippen molar-refractivity contribution in [2.75, 3.05) is 12.4 Å². The number of thiophene rings is 1. The van der Waals surface area contributed by atoms with Crippen molar-refractivity contribution in [1.29, 1.82) is 0 Å². The summed E-state index contributed by atoms with van der Waals surface area (Å²) in [7, 11) is 1.58. The fraction of sp³-hybridized carbons (Fsp3) is 0.0667. The van der Waals surface area contributed by atoms with Crippen LogP contribution in [-0.4, -0.2) is 18.0 Å². The number of anilines is 1. The summed E-state index contributed by atoms with van der Waals surface area (Å²) in [6, 6.07) is 8.88. The summed E-state index contributed by atoms with van der Waals surface area (Å²) in [6.07, 6.45) is 1.55. The van der Waals surface area contributed by atoms with Crippen LogP contribution in [0.2, 0.25) is 10.2 Å². The standard InChI is InChI=1S/C15H10Cl2N2O2S/c1-21-8-4-5-11-9(7-8)12(16)13(22-11)15(20)19-10-3-2-6-18-14(10)17/h2-7H,1H3,(H,19,20). The number of hydrogen-bond acceptors (Lipinski definition) is 4. The molecule has 0 aliphatic heterocycles. The predicted molar refractivity (Wildman–Crippen MR) is 90.6 cm³/mol. The van der Waals surface area contributed by atoms with E-state index >= 15 is 0 Å². The maximum absolute atomic E-state index is 12.4. The molecule has 112 valence electrons. The molecule has 1 amide bonds. The van der Waals surface area contributed by atoms with Gasteiger partial charge in [0.2, 0.25) is 0 Å². The SMILES string of the molecule is COc1ccc2sc(C(=O)Nc3cccnc3Cl)c(Cl)c2c1. The number of amides is 1. The molecule has 3 rings (SSSR count). The molecule has 1 aromatic carbocycles. The fourth-order valence-electron chi connectivity index (χ4n) is 1.98. The number of nitrogens with one attached hydrogen (secondary N) is 1. The zero-order valence-electron chi connectivity index (χ0n) is 11.4. The van der Waals surface area contributed by atoms with E-state index in [1.54, 1.807) is 25.4 Å². The second-order valence-corrected chi connectivity index (χ2v) is 6.19. The van der Waals surface area contributed by atoms with Crippen molar-refractivity contribution in [2.24, 2.45) is 0 Å². The largest absolute Gasteiger partial charge is 0.497 e. The van der Waals surface area contributed by atoms with Gasteiger partial charge in [-0.15, -0.1) is 11.3 Å². The van der Waals surface area contributed by atoms with Gasteiger partial charge in [0.25, 0.3) is 5.91 Å². The van der Waals surface area contributed by atoms with Crippen LogP contribution < -0.4 is 10.1 Å².